The Morgan fingerprint density at radius 1 is 1.44 bits per heavy atom. The predicted molar refractivity (Wildman–Crippen MR) is 72.8 cm³/mol. The zero-order valence-corrected chi connectivity index (χ0v) is 11.0. The minimum absolute atomic E-state index is 0.170. The summed E-state index contributed by atoms with van der Waals surface area (Å²) in [6.45, 7) is 2.56. The fourth-order valence-corrected chi connectivity index (χ4v) is 3.07. The Morgan fingerprint density at radius 2 is 2.33 bits per heavy atom. The first-order chi connectivity index (χ1) is 8.79. The Morgan fingerprint density at radius 3 is 3.00 bits per heavy atom. The number of nitrogens with zero attached hydrogens (tertiary/aromatic N) is 1. The summed E-state index contributed by atoms with van der Waals surface area (Å²) in [7, 11) is 0. The molecule has 0 amide bonds. The molecule has 2 aromatic rings. The van der Waals surface area contributed by atoms with Gasteiger partial charge in [0.15, 0.2) is 0 Å². The van der Waals surface area contributed by atoms with E-state index >= 15 is 0 Å². The van der Waals surface area contributed by atoms with Gasteiger partial charge >= 0.3 is 0 Å². The number of aliphatic hydroxyl groups is 1. The van der Waals surface area contributed by atoms with E-state index in [9.17, 15) is 5.11 Å². The number of fused-ring (bicyclic) bond motifs is 1. The third kappa shape index (κ3) is 2.00. The highest BCUT2D eigenvalue weighted by atomic mass is 32.2. The molecule has 18 heavy (non-hydrogen) atoms. The first kappa shape index (κ1) is 12.0. The lowest BCUT2D eigenvalue weighted by Crippen LogP contribution is -2.37. The first-order valence-corrected chi connectivity index (χ1v) is 7.08. The molecule has 0 bridgehead atoms. The van der Waals surface area contributed by atoms with Gasteiger partial charge in [-0.3, -0.25) is 4.98 Å². The summed E-state index contributed by atoms with van der Waals surface area (Å²) in [5.74, 6) is 1.00. The lowest BCUT2D eigenvalue weighted by Gasteiger charge is -2.34. The zero-order valence-electron chi connectivity index (χ0n) is 10.2. The van der Waals surface area contributed by atoms with E-state index in [0.29, 0.717) is 6.61 Å². The number of aromatic nitrogens is 1. The number of hydrogen-bond acceptors (Lipinski definition) is 4. The lowest BCUT2D eigenvalue weighted by molar-refractivity contribution is -0.166. The highest BCUT2D eigenvalue weighted by Crippen LogP contribution is 2.38. The van der Waals surface area contributed by atoms with Crippen LogP contribution in [0.5, 0.6) is 0 Å². The highest BCUT2D eigenvalue weighted by molar-refractivity contribution is 7.99. The lowest BCUT2D eigenvalue weighted by atomic mass is 9.98. The van der Waals surface area contributed by atoms with Crippen LogP contribution in [-0.2, 0) is 4.74 Å². The van der Waals surface area contributed by atoms with Crippen LogP contribution < -0.4 is 0 Å². The second kappa shape index (κ2) is 4.88. The fraction of sp³-hybridized carbons (Fsp3) is 0.357. The van der Waals surface area contributed by atoms with Gasteiger partial charge in [-0.1, -0.05) is 6.92 Å². The molecule has 4 heteroatoms. The third-order valence-corrected chi connectivity index (χ3v) is 4.12. The van der Waals surface area contributed by atoms with Gasteiger partial charge in [-0.15, -0.1) is 11.8 Å². The molecule has 1 fully saturated rings. The maximum Gasteiger partial charge on any atom is 0.112 e. The number of benzene rings is 1. The van der Waals surface area contributed by atoms with Gasteiger partial charge in [-0.05, 0) is 34.9 Å². The van der Waals surface area contributed by atoms with Gasteiger partial charge in [0.1, 0.15) is 12.2 Å². The molecule has 2 heterocycles. The van der Waals surface area contributed by atoms with Crippen molar-refractivity contribution in [1.29, 1.82) is 0 Å². The minimum atomic E-state index is -0.375. The minimum Gasteiger partial charge on any atom is -0.388 e. The van der Waals surface area contributed by atoms with Gasteiger partial charge in [-0.2, -0.15) is 0 Å². The second-order valence-corrected chi connectivity index (χ2v) is 5.67. The molecule has 3 nitrogen and oxygen atoms in total. The standard InChI is InChI=1S/C14H15NO2S/c1-2-18-13-6-10-7-15-4-3-9(10)5-11(13)14-12(16)8-17-14/h3-7,12,14,16H,2,8H2,1H3. The van der Waals surface area contributed by atoms with E-state index < -0.39 is 0 Å². The summed E-state index contributed by atoms with van der Waals surface area (Å²) in [5.41, 5.74) is 1.10. The number of rotatable bonds is 3. The van der Waals surface area contributed by atoms with Gasteiger partial charge < -0.3 is 9.84 Å². The van der Waals surface area contributed by atoms with Crippen molar-refractivity contribution in [2.45, 2.75) is 24.0 Å². The van der Waals surface area contributed by atoms with E-state index in [1.165, 1.54) is 4.90 Å². The van der Waals surface area contributed by atoms with Gasteiger partial charge in [0.2, 0.25) is 0 Å². The zero-order chi connectivity index (χ0) is 12.5. The molecule has 0 spiro atoms. The van der Waals surface area contributed by atoms with Crippen LogP contribution in [0, 0.1) is 0 Å². The van der Waals surface area contributed by atoms with E-state index in [4.69, 9.17) is 4.74 Å². The van der Waals surface area contributed by atoms with Crippen LogP contribution in [0.1, 0.15) is 18.6 Å². The van der Waals surface area contributed by atoms with Crippen LogP contribution >= 0.6 is 11.8 Å². The van der Waals surface area contributed by atoms with Crippen molar-refractivity contribution in [3.05, 3.63) is 36.2 Å². The van der Waals surface area contributed by atoms with Crippen LogP contribution in [0.15, 0.2) is 35.5 Å². The smallest absolute Gasteiger partial charge is 0.112 e. The third-order valence-electron chi connectivity index (χ3n) is 3.17. The van der Waals surface area contributed by atoms with Gasteiger partial charge in [-0.25, -0.2) is 0 Å². The van der Waals surface area contributed by atoms with Crippen LogP contribution in [0.4, 0.5) is 0 Å². The Labute approximate surface area is 110 Å². The van der Waals surface area contributed by atoms with Gasteiger partial charge in [0, 0.05) is 22.7 Å². The molecular weight excluding hydrogens is 246 g/mol. The topological polar surface area (TPSA) is 42.4 Å². The normalized spacial score (nSPS) is 23.0. The Bertz CT molecular complexity index is 573. The van der Waals surface area contributed by atoms with E-state index in [2.05, 4.69) is 24.0 Å². The highest BCUT2D eigenvalue weighted by Gasteiger charge is 2.33. The summed E-state index contributed by atoms with van der Waals surface area (Å²) < 4.78 is 5.49. The number of pyridine rings is 1. The maximum atomic E-state index is 9.78. The molecule has 1 aromatic carbocycles. The van der Waals surface area contributed by atoms with Crippen LogP contribution in [0.2, 0.25) is 0 Å². The second-order valence-electron chi connectivity index (χ2n) is 4.37. The average Bonchev–Trinajstić information content (AvgIpc) is 2.38. The predicted octanol–water partition coefficient (Wildman–Crippen LogP) is 2.78. The first-order valence-electron chi connectivity index (χ1n) is 6.09. The number of thioether (sulfide) groups is 1. The fourth-order valence-electron chi connectivity index (χ4n) is 2.21. The van der Waals surface area contributed by atoms with Crippen molar-refractivity contribution < 1.29 is 9.84 Å². The van der Waals surface area contributed by atoms with Crippen molar-refractivity contribution in [1.82, 2.24) is 4.98 Å². The SMILES string of the molecule is CCSc1cc2cnccc2cc1C1OCC1O. The molecule has 0 aliphatic carbocycles. The Kier molecular flexibility index (Phi) is 3.24. The van der Waals surface area contributed by atoms with E-state index in [0.717, 1.165) is 22.1 Å². The molecule has 1 aromatic heterocycles. The van der Waals surface area contributed by atoms with Crippen molar-refractivity contribution in [3.63, 3.8) is 0 Å². The average molecular weight is 261 g/mol. The summed E-state index contributed by atoms with van der Waals surface area (Å²) in [4.78, 5) is 5.33. The number of aliphatic hydroxyl groups excluding tert-OH is 1. The summed E-state index contributed by atoms with van der Waals surface area (Å²) >= 11 is 1.78. The van der Waals surface area contributed by atoms with Crippen LogP contribution in [0.3, 0.4) is 0 Å². The number of ether oxygens (including phenoxy) is 1. The van der Waals surface area contributed by atoms with Crippen LogP contribution in [-0.4, -0.2) is 28.6 Å². The quantitative estimate of drug-likeness (QED) is 0.863. The molecule has 1 N–H and O–H groups in total. The maximum absolute atomic E-state index is 9.78. The van der Waals surface area contributed by atoms with Crippen molar-refractivity contribution in [2.75, 3.05) is 12.4 Å². The molecule has 2 unspecified atom stereocenters. The molecular formula is C14H15NO2S. The van der Waals surface area contributed by atoms with E-state index in [1.807, 2.05) is 12.3 Å². The van der Waals surface area contributed by atoms with Gasteiger partial charge in [0.25, 0.3) is 0 Å². The monoisotopic (exact) mass is 261 g/mol. The molecule has 0 radical (unpaired) electrons. The van der Waals surface area contributed by atoms with Crippen molar-refractivity contribution >= 4 is 22.5 Å². The Hall–Kier alpha value is -1.10. The molecule has 94 valence electrons. The molecule has 1 aliphatic heterocycles. The summed E-state index contributed by atoms with van der Waals surface area (Å²) in [6.07, 6.45) is 3.12. The largest absolute Gasteiger partial charge is 0.388 e. The van der Waals surface area contributed by atoms with Crippen LogP contribution in [0.25, 0.3) is 10.8 Å². The Balaban J connectivity index is 2.11. The molecule has 3 rings (SSSR count). The number of hydrogen-bond donors (Lipinski definition) is 1. The van der Waals surface area contributed by atoms with E-state index in [-0.39, 0.29) is 12.2 Å². The van der Waals surface area contributed by atoms with E-state index in [1.54, 1.807) is 18.0 Å². The summed E-state index contributed by atoms with van der Waals surface area (Å²) in [6, 6.07) is 6.24. The van der Waals surface area contributed by atoms with Gasteiger partial charge in [0.05, 0.1) is 6.61 Å². The molecule has 2 atom stereocenters. The molecule has 1 saturated heterocycles. The van der Waals surface area contributed by atoms with Crippen molar-refractivity contribution in [2.24, 2.45) is 0 Å². The molecule has 0 saturated carbocycles. The van der Waals surface area contributed by atoms with Crippen molar-refractivity contribution in [3.8, 4) is 0 Å². The molecule has 1 aliphatic rings. The summed E-state index contributed by atoms with van der Waals surface area (Å²) in [5, 5.41) is 12.1.